The topological polar surface area (TPSA) is 43.7 Å². The van der Waals surface area contributed by atoms with Crippen molar-refractivity contribution in [1.82, 2.24) is 4.90 Å². The molecule has 2 N–H and O–H groups in total. The molecule has 0 fully saturated rings. The molecule has 0 saturated heterocycles. The Morgan fingerprint density at radius 2 is 2.00 bits per heavy atom. The van der Waals surface area contributed by atoms with Crippen LogP contribution in [0.15, 0.2) is 18.2 Å². The molecule has 1 aromatic carbocycles. The normalized spacial score (nSPS) is 11.3. The van der Waals surface area contributed by atoms with E-state index in [1.807, 2.05) is 11.8 Å². The summed E-state index contributed by atoms with van der Waals surface area (Å²) in [6.45, 7) is 7.07. The van der Waals surface area contributed by atoms with Crippen molar-refractivity contribution in [1.29, 1.82) is 0 Å². The van der Waals surface area contributed by atoms with Crippen molar-refractivity contribution in [3.8, 4) is 11.8 Å². The van der Waals surface area contributed by atoms with Gasteiger partial charge in [-0.1, -0.05) is 18.8 Å². The van der Waals surface area contributed by atoms with Crippen LogP contribution >= 0.6 is 0 Å². The highest BCUT2D eigenvalue weighted by molar-refractivity contribution is 5.37. The predicted molar refractivity (Wildman–Crippen MR) is 77.6 cm³/mol. The Morgan fingerprint density at radius 1 is 1.30 bits per heavy atom. The van der Waals surface area contributed by atoms with Gasteiger partial charge in [0.15, 0.2) is 0 Å². The molecule has 4 heteroatoms. The minimum Gasteiger partial charge on any atom is -0.389 e. The van der Waals surface area contributed by atoms with Gasteiger partial charge < -0.3 is 10.2 Å². The molecule has 0 saturated carbocycles. The van der Waals surface area contributed by atoms with Crippen LogP contribution in [0.2, 0.25) is 0 Å². The van der Waals surface area contributed by atoms with Crippen LogP contribution < -0.4 is 0 Å². The Bertz CT molecular complexity index is 497. The van der Waals surface area contributed by atoms with E-state index in [0.717, 1.165) is 12.1 Å². The summed E-state index contributed by atoms with van der Waals surface area (Å²) in [6.07, 6.45) is 0. The van der Waals surface area contributed by atoms with Gasteiger partial charge in [0.2, 0.25) is 0 Å². The molecule has 0 amide bonds. The quantitative estimate of drug-likeness (QED) is 0.807. The first-order valence-corrected chi connectivity index (χ1v) is 6.68. The lowest BCUT2D eigenvalue weighted by atomic mass is 10.1. The number of nitrogens with zero attached hydrogens (tertiary/aromatic N) is 1. The molecular formula is C16H22FNO2. The average Bonchev–Trinajstić information content (AvgIpc) is 2.33. The van der Waals surface area contributed by atoms with Crippen molar-refractivity contribution in [2.75, 3.05) is 19.7 Å². The third kappa shape index (κ3) is 6.16. The molecule has 0 aliphatic carbocycles. The maximum atomic E-state index is 13.5. The summed E-state index contributed by atoms with van der Waals surface area (Å²) in [5.74, 6) is 4.87. The highest BCUT2D eigenvalue weighted by Gasteiger charge is 2.17. The molecule has 0 atom stereocenters. The van der Waals surface area contributed by atoms with Crippen LogP contribution in [0.1, 0.15) is 31.9 Å². The number of benzene rings is 1. The molecule has 0 unspecified atom stereocenters. The number of likely N-dealkylation sites (N-methyl/N-ethyl adjacent to an activating group) is 1. The zero-order valence-electron chi connectivity index (χ0n) is 12.3. The highest BCUT2D eigenvalue weighted by atomic mass is 19.1. The van der Waals surface area contributed by atoms with Crippen LogP contribution in [0.4, 0.5) is 4.39 Å². The molecule has 0 spiro atoms. The lowest BCUT2D eigenvalue weighted by Gasteiger charge is -2.28. The molecule has 1 aromatic rings. The summed E-state index contributed by atoms with van der Waals surface area (Å²) >= 11 is 0. The maximum absolute atomic E-state index is 13.5. The van der Waals surface area contributed by atoms with Gasteiger partial charge in [-0.25, -0.2) is 4.39 Å². The largest absolute Gasteiger partial charge is 0.389 e. The SMILES string of the molecule is CCN(Cc1cc(F)cc(C#CCO)c1)CC(C)(C)O. The van der Waals surface area contributed by atoms with Crippen LogP contribution in [0.3, 0.4) is 0 Å². The Hall–Kier alpha value is -1.41. The fraction of sp³-hybridized carbons (Fsp3) is 0.500. The van der Waals surface area contributed by atoms with Gasteiger partial charge >= 0.3 is 0 Å². The van der Waals surface area contributed by atoms with E-state index >= 15 is 0 Å². The van der Waals surface area contributed by atoms with E-state index in [1.165, 1.54) is 12.1 Å². The molecular weight excluding hydrogens is 257 g/mol. The number of aliphatic hydroxyl groups is 2. The van der Waals surface area contributed by atoms with Crippen LogP contribution in [-0.4, -0.2) is 40.4 Å². The summed E-state index contributed by atoms with van der Waals surface area (Å²) in [5, 5.41) is 18.5. The van der Waals surface area contributed by atoms with Gasteiger partial charge in [-0.2, -0.15) is 0 Å². The van der Waals surface area contributed by atoms with Crippen LogP contribution in [0.5, 0.6) is 0 Å². The molecule has 0 aliphatic rings. The second-order valence-electron chi connectivity index (χ2n) is 5.42. The monoisotopic (exact) mass is 279 g/mol. The van der Waals surface area contributed by atoms with Gasteiger partial charge in [0.05, 0.1) is 5.60 Å². The van der Waals surface area contributed by atoms with Gasteiger partial charge in [0.25, 0.3) is 0 Å². The van der Waals surface area contributed by atoms with Crippen LogP contribution in [0, 0.1) is 17.7 Å². The van der Waals surface area contributed by atoms with Crippen molar-refractivity contribution < 1.29 is 14.6 Å². The Kier molecular flexibility index (Phi) is 6.15. The maximum Gasteiger partial charge on any atom is 0.124 e. The van der Waals surface area contributed by atoms with E-state index in [0.29, 0.717) is 18.7 Å². The molecule has 0 bridgehead atoms. The fourth-order valence-corrected chi connectivity index (χ4v) is 2.04. The minimum absolute atomic E-state index is 0.244. The Morgan fingerprint density at radius 3 is 2.55 bits per heavy atom. The zero-order chi connectivity index (χ0) is 15.2. The molecule has 3 nitrogen and oxygen atoms in total. The fourth-order valence-electron chi connectivity index (χ4n) is 2.04. The van der Waals surface area contributed by atoms with Gasteiger partial charge in [-0.3, -0.25) is 4.90 Å². The molecule has 0 radical (unpaired) electrons. The number of aliphatic hydroxyl groups excluding tert-OH is 1. The van der Waals surface area contributed by atoms with Crippen LogP contribution in [0.25, 0.3) is 0 Å². The van der Waals surface area contributed by atoms with Crippen molar-refractivity contribution in [3.63, 3.8) is 0 Å². The highest BCUT2D eigenvalue weighted by Crippen LogP contribution is 2.13. The molecule has 0 heterocycles. The molecule has 0 aromatic heterocycles. The number of hydrogen-bond donors (Lipinski definition) is 2. The lowest BCUT2D eigenvalue weighted by Crippen LogP contribution is -2.38. The second-order valence-corrected chi connectivity index (χ2v) is 5.42. The third-order valence-electron chi connectivity index (χ3n) is 2.73. The second kappa shape index (κ2) is 7.39. The summed E-state index contributed by atoms with van der Waals surface area (Å²) in [6, 6.07) is 4.62. The van der Waals surface area contributed by atoms with Gasteiger partial charge in [-0.15, -0.1) is 0 Å². The Labute approximate surface area is 120 Å². The van der Waals surface area contributed by atoms with E-state index in [9.17, 15) is 9.50 Å². The number of hydrogen-bond acceptors (Lipinski definition) is 3. The summed E-state index contributed by atoms with van der Waals surface area (Å²) in [7, 11) is 0. The summed E-state index contributed by atoms with van der Waals surface area (Å²) in [4.78, 5) is 2.04. The van der Waals surface area contributed by atoms with E-state index in [1.54, 1.807) is 19.9 Å². The van der Waals surface area contributed by atoms with Crippen molar-refractivity contribution in [3.05, 3.63) is 35.1 Å². The minimum atomic E-state index is -0.789. The van der Waals surface area contributed by atoms with Crippen LogP contribution in [-0.2, 0) is 6.54 Å². The first-order valence-electron chi connectivity index (χ1n) is 6.68. The predicted octanol–water partition coefficient (Wildman–Crippen LogP) is 1.76. The van der Waals surface area contributed by atoms with E-state index in [4.69, 9.17) is 5.11 Å². The van der Waals surface area contributed by atoms with E-state index in [2.05, 4.69) is 11.8 Å². The van der Waals surface area contributed by atoms with E-state index < -0.39 is 5.60 Å². The molecule has 0 aliphatic heterocycles. The molecule has 20 heavy (non-hydrogen) atoms. The number of halogens is 1. The van der Waals surface area contributed by atoms with Gasteiger partial charge in [0.1, 0.15) is 12.4 Å². The molecule has 1 rings (SSSR count). The molecule has 110 valence electrons. The van der Waals surface area contributed by atoms with Crippen molar-refractivity contribution in [2.45, 2.75) is 32.9 Å². The van der Waals surface area contributed by atoms with E-state index in [-0.39, 0.29) is 12.4 Å². The standard InChI is InChI=1S/C16H22FNO2/c1-4-18(12-16(2,3)20)11-14-8-13(6-5-7-19)9-15(17)10-14/h8-10,19-20H,4,7,11-12H2,1-3H3. The Balaban J connectivity index is 2.87. The summed E-state index contributed by atoms with van der Waals surface area (Å²) < 4.78 is 13.5. The summed E-state index contributed by atoms with van der Waals surface area (Å²) in [5.41, 5.74) is 0.565. The average molecular weight is 279 g/mol. The van der Waals surface area contributed by atoms with Crippen molar-refractivity contribution in [2.24, 2.45) is 0 Å². The lowest BCUT2D eigenvalue weighted by molar-refractivity contribution is 0.0353. The third-order valence-corrected chi connectivity index (χ3v) is 2.73. The van der Waals surface area contributed by atoms with Gasteiger partial charge in [-0.05, 0) is 44.2 Å². The first kappa shape index (κ1) is 16.6. The first-order chi connectivity index (χ1) is 9.34. The smallest absolute Gasteiger partial charge is 0.124 e. The van der Waals surface area contributed by atoms with Crippen molar-refractivity contribution >= 4 is 0 Å². The van der Waals surface area contributed by atoms with Gasteiger partial charge in [0, 0.05) is 18.7 Å². The number of rotatable bonds is 5. The zero-order valence-corrected chi connectivity index (χ0v) is 12.3.